The molecule has 0 aliphatic carbocycles. The van der Waals surface area contributed by atoms with Gasteiger partial charge in [-0.25, -0.2) is 4.79 Å². The van der Waals surface area contributed by atoms with Gasteiger partial charge in [-0.15, -0.1) is 0 Å². The summed E-state index contributed by atoms with van der Waals surface area (Å²) in [4.78, 5) is 35.7. The predicted octanol–water partition coefficient (Wildman–Crippen LogP) is -0.320. The number of carbonyl (C=O) groups is 3. The third-order valence-electron chi connectivity index (χ3n) is 4.29. The summed E-state index contributed by atoms with van der Waals surface area (Å²) in [5, 5.41) is 8.56. The van der Waals surface area contributed by atoms with Gasteiger partial charge < -0.3 is 16.0 Å². The van der Waals surface area contributed by atoms with E-state index in [9.17, 15) is 14.4 Å². The molecule has 0 bridgehead atoms. The number of imide groups is 1. The van der Waals surface area contributed by atoms with Crippen LogP contribution >= 0.6 is 0 Å². The van der Waals surface area contributed by atoms with Crippen LogP contribution in [0.1, 0.15) is 26.2 Å². The lowest BCUT2D eigenvalue weighted by atomic mass is 9.84. The molecule has 4 amide bonds. The Labute approximate surface area is 124 Å². The Bertz CT molecular complexity index is 391. The van der Waals surface area contributed by atoms with Gasteiger partial charge in [-0.1, -0.05) is 6.92 Å². The number of nitrogens with zero attached hydrogens (tertiary/aromatic N) is 1. The van der Waals surface area contributed by atoms with Crippen LogP contribution in [-0.4, -0.2) is 55.5 Å². The van der Waals surface area contributed by atoms with E-state index in [-0.39, 0.29) is 30.9 Å². The summed E-state index contributed by atoms with van der Waals surface area (Å²) in [6, 6.07) is -0.377. The van der Waals surface area contributed by atoms with E-state index in [0.717, 1.165) is 30.8 Å². The van der Waals surface area contributed by atoms with Crippen LogP contribution in [0, 0.1) is 11.8 Å². The molecule has 0 radical (unpaired) electrons. The molecule has 2 rings (SSSR count). The number of hydrogen-bond donors (Lipinski definition) is 3. The number of amides is 4. The first-order valence-corrected chi connectivity index (χ1v) is 7.63. The number of nitrogens with one attached hydrogen (secondary N) is 3. The van der Waals surface area contributed by atoms with Gasteiger partial charge in [0.25, 0.3) is 0 Å². The summed E-state index contributed by atoms with van der Waals surface area (Å²) in [5.74, 6) is 0.720. The first-order chi connectivity index (χ1) is 10.1. The van der Waals surface area contributed by atoms with E-state index in [1.807, 2.05) is 0 Å². The smallest absolute Gasteiger partial charge is 0.324 e. The molecular formula is C14H24N4O3. The van der Waals surface area contributed by atoms with Crippen LogP contribution < -0.4 is 16.0 Å². The average molecular weight is 296 g/mol. The zero-order valence-corrected chi connectivity index (χ0v) is 12.5. The number of rotatable bonds is 6. The molecule has 3 N–H and O–H groups in total. The van der Waals surface area contributed by atoms with Crippen molar-refractivity contribution in [2.75, 3.05) is 32.7 Å². The molecule has 1 unspecified atom stereocenters. The maximum absolute atomic E-state index is 11.9. The van der Waals surface area contributed by atoms with Crippen molar-refractivity contribution in [2.45, 2.75) is 26.2 Å². The molecule has 0 saturated carbocycles. The molecule has 0 spiro atoms. The normalized spacial score (nSPS) is 21.3. The zero-order valence-electron chi connectivity index (χ0n) is 12.5. The molecule has 7 heteroatoms. The van der Waals surface area contributed by atoms with Crippen LogP contribution in [0.15, 0.2) is 0 Å². The van der Waals surface area contributed by atoms with Crippen LogP contribution in [-0.2, 0) is 9.59 Å². The van der Waals surface area contributed by atoms with Crippen molar-refractivity contribution >= 4 is 17.8 Å². The fourth-order valence-corrected chi connectivity index (χ4v) is 2.93. The summed E-state index contributed by atoms with van der Waals surface area (Å²) in [7, 11) is 0. The first kappa shape index (κ1) is 15.8. The van der Waals surface area contributed by atoms with Gasteiger partial charge in [0.1, 0.15) is 0 Å². The quantitative estimate of drug-likeness (QED) is 0.586. The summed E-state index contributed by atoms with van der Waals surface area (Å²) < 4.78 is 0. The summed E-state index contributed by atoms with van der Waals surface area (Å²) in [6.07, 6.45) is 2.75. The van der Waals surface area contributed by atoms with Crippen molar-refractivity contribution in [2.24, 2.45) is 11.8 Å². The highest BCUT2D eigenvalue weighted by Gasteiger charge is 2.28. The van der Waals surface area contributed by atoms with Gasteiger partial charge in [-0.3, -0.25) is 14.5 Å². The van der Waals surface area contributed by atoms with Gasteiger partial charge in [0.15, 0.2) is 0 Å². The number of hydrogen-bond acceptors (Lipinski definition) is 4. The van der Waals surface area contributed by atoms with Crippen molar-refractivity contribution in [3.63, 3.8) is 0 Å². The Hall–Kier alpha value is -1.63. The average Bonchev–Trinajstić information content (AvgIpc) is 2.80. The summed E-state index contributed by atoms with van der Waals surface area (Å²) in [5.41, 5.74) is 0. The van der Waals surface area contributed by atoms with Crippen LogP contribution in [0.2, 0.25) is 0 Å². The standard InChI is InChI=1S/C14H24N4O3/c1-10(11-2-4-15-5-3-11)8-12(19)16-6-7-18-13(20)9-17-14(18)21/h10-11,15H,2-9H2,1H3,(H,16,19)(H,17,21). The number of carbonyl (C=O) groups excluding carboxylic acids is 3. The molecule has 2 heterocycles. The molecule has 21 heavy (non-hydrogen) atoms. The Kier molecular flexibility index (Phi) is 5.55. The first-order valence-electron chi connectivity index (χ1n) is 7.63. The van der Waals surface area contributed by atoms with Gasteiger partial charge in [0.2, 0.25) is 11.8 Å². The van der Waals surface area contributed by atoms with Crippen molar-refractivity contribution in [1.82, 2.24) is 20.9 Å². The lowest BCUT2D eigenvalue weighted by molar-refractivity contribution is -0.126. The van der Waals surface area contributed by atoms with E-state index < -0.39 is 0 Å². The fourth-order valence-electron chi connectivity index (χ4n) is 2.93. The van der Waals surface area contributed by atoms with Gasteiger partial charge >= 0.3 is 6.03 Å². The van der Waals surface area contributed by atoms with Crippen LogP contribution in [0.5, 0.6) is 0 Å². The van der Waals surface area contributed by atoms with Gasteiger partial charge in [0.05, 0.1) is 6.54 Å². The largest absolute Gasteiger partial charge is 0.354 e. The van der Waals surface area contributed by atoms with Gasteiger partial charge in [-0.2, -0.15) is 0 Å². The van der Waals surface area contributed by atoms with Crippen molar-refractivity contribution in [1.29, 1.82) is 0 Å². The molecule has 0 aromatic rings. The highest BCUT2D eigenvalue weighted by molar-refractivity contribution is 6.01. The molecule has 0 aromatic carbocycles. The minimum Gasteiger partial charge on any atom is -0.354 e. The second-order valence-electron chi connectivity index (χ2n) is 5.82. The second kappa shape index (κ2) is 7.40. The molecule has 2 aliphatic heterocycles. The zero-order chi connectivity index (χ0) is 15.2. The highest BCUT2D eigenvalue weighted by Crippen LogP contribution is 2.23. The van der Waals surface area contributed by atoms with Crippen molar-refractivity contribution < 1.29 is 14.4 Å². The number of piperidine rings is 1. The lowest BCUT2D eigenvalue weighted by Gasteiger charge is -2.27. The molecular weight excluding hydrogens is 272 g/mol. The topological polar surface area (TPSA) is 90.5 Å². The minimum atomic E-state index is -0.377. The Morgan fingerprint density at radius 2 is 2.10 bits per heavy atom. The van der Waals surface area contributed by atoms with E-state index in [0.29, 0.717) is 24.8 Å². The van der Waals surface area contributed by atoms with Crippen LogP contribution in [0.3, 0.4) is 0 Å². The lowest BCUT2D eigenvalue weighted by Crippen LogP contribution is -2.39. The van der Waals surface area contributed by atoms with E-state index in [1.165, 1.54) is 0 Å². The molecule has 0 aromatic heterocycles. The predicted molar refractivity (Wildman–Crippen MR) is 77.5 cm³/mol. The Morgan fingerprint density at radius 3 is 2.71 bits per heavy atom. The third kappa shape index (κ3) is 4.42. The summed E-state index contributed by atoms with van der Waals surface area (Å²) >= 11 is 0. The van der Waals surface area contributed by atoms with E-state index in [1.54, 1.807) is 0 Å². The van der Waals surface area contributed by atoms with E-state index >= 15 is 0 Å². The molecule has 1 atom stereocenters. The molecule has 2 saturated heterocycles. The van der Waals surface area contributed by atoms with Crippen LogP contribution in [0.4, 0.5) is 4.79 Å². The maximum atomic E-state index is 11.9. The number of urea groups is 1. The monoisotopic (exact) mass is 296 g/mol. The fraction of sp³-hybridized carbons (Fsp3) is 0.786. The van der Waals surface area contributed by atoms with E-state index in [4.69, 9.17) is 0 Å². The van der Waals surface area contributed by atoms with Crippen LogP contribution in [0.25, 0.3) is 0 Å². The third-order valence-corrected chi connectivity index (χ3v) is 4.29. The molecule has 118 valence electrons. The van der Waals surface area contributed by atoms with Gasteiger partial charge in [-0.05, 0) is 37.8 Å². The molecule has 7 nitrogen and oxygen atoms in total. The maximum Gasteiger partial charge on any atom is 0.324 e. The second-order valence-corrected chi connectivity index (χ2v) is 5.82. The van der Waals surface area contributed by atoms with Gasteiger partial charge in [0, 0.05) is 19.5 Å². The SMILES string of the molecule is CC(CC(=O)NCCN1C(=O)CNC1=O)C1CCNCC1. The van der Waals surface area contributed by atoms with Crippen molar-refractivity contribution in [3.05, 3.63) is 0 Å². The summed E-state index contributed by atoms with van der Waals surface area (Å²) in [6.45, 7) is 4.78. The highest BCUT2D eigenvalue weighted by atomic mass is 16.2. The molecule has 2 aliphatic rings. The molecule has 2 fully saturated rings. The minimum absolute atomic E-state index is 0.00640. The van der Waals surface area contributed by atoms with Crippen molar-refractivity contribution in [3.8, 4) is 0 Å². The Balaban J connectivity index is 1.65. The Morgan fingerprint density at radius 1 is 1.38 bits per heavy atom. The van der Waals surface area contributed by atoms with E-state index in [2.05, 4.69) is 22.9 Å².